The van der Waals surface area contributed by atoms with Crippen LogP contribution in [0.4, 0.5) is 4.79 Å². The van der Waals surface area contributed by atoms with Crippen LogP contribution in [-0.4, -0.2) is 75.3 Å². The quantitative estimate of drug-likeness (QED) is 0.744. The highest BCUT2D eigenvalue weighted by atomic mass is 32.2. The zero-order valence-corrected chi connectivity index (χ0v) is 11.1. The minimum atomic E-state index is -1.05. The molecule has 0 aliphatic carbocycles. The molecule has 0 aromatic heterocycles. The zero-order valence-electron chi connectivity index (χ0n) is 10.3. The molecule has 2 N–H and O–H groups in total. The van der Waals surface area contributed by atoms with Gasteiger partial charge < -0.3 is 20.0 Å². The smallest absolute Gasteiger partial charge is 0.326 e. The van der Waals surface area contributed by atoms with E-state index in [0.717, 1.165) is 17.9 Å². The van der Waals surface area contributed by atoms with Crippen LogP contribution in [0.25, 0.3) is 0 Å². The van der Waals surface area contributed by atoms with Gasteiger partial charge in [0.15, 0.2) is 0 Å². The first-order valence-corrected chi connectivity index (χ1v) is 7.18. The number of nitrogens with zero attached hydrogens (tertiary/aromatic N) is 2. The van der Waals surface area contributed by atoms with Crippen LogP contribution in [0.2, 0.25) is 0 Å². The van der Waals surface area contributed by atoms with E-state index >= 15 is 0 Å². The van der Waals surface area contributed by atoms with Gasteiger partial charge in [-0.15, -0.1) is 0 Å². The van der Waals surface area contributed by atoms with Crippen LogP contribution in [-0.2, 0) is 4.79 Å². The molecule has 0 spiro atoms. The number of aliphatic hydroxyl groups is 1. The highest BCUT2D eigenvalue weighted by Crippen LogP contribution is 2.25. The Morgan fingerprint density at radius 1 is 1.44 bits per heavy atom. The maximum absolute atomic E-state index is 12.3. The molecule has 1 unspecified atom stereocenters. The Morgan fingerprint density at radius 2 is 2.17 bits per heavy atom. The summed E-state index contributed by atoms with van der Waals surface area (Å²) in [5.41, 5.74) is 0. The van der Waals surface area contributed by atoms with Crippen LogP contribution in [0.15, 0.2) is 0 Å². The monoisotopic (exact) mass is 274 g/mol. The standard InChI is InChI=1S/C11H18N2O4S/c1-12(7-2-3-18-6-7)11(17)13-5-8(14)4-9(13)10(15)16/h7-9,14H,2-6H2,1H3,(H,15,16)/t7?,8-,9-/m0/s1. The van der Waals surface area contributed by atoms with Gasteiger partial charge in [0.05, 0.1) is 6.10 Å². The number of likely N-dealkylation sites (tertiary alicyclic amines) is 1. The summed E-state index contributed by atoms with van der Waals surface area (Å²) in [6.07, 6.45) is 0.330. The predicted octanol–water partition coefficient (Wildman–Crippen LogP) is 0.0635. The van der Waals surface area contributed by atoms with Crippen molar-refractivity contribution in [1.82, 2.24) is 9.80 Å². The number of hydrogen-bond donors (Lipinski definition) is 2. The average Bonchev–Trinajstić information content (AvgIpc) is 2.95. The van der Waals surface area contributed by atoms with Crippen molar-refractivity contribution in [2.75, 3.05) is 25.1 Å². The Balaban J connectivity index is 2.04. The second kappa shape index (κ2) is 5.36. The van der Waals surface area contributed by atoms with Crippen LogP contribution in [0.5, 0.6) is 0 Å². The third-order valence-corrected chi connectivity index (χ3v) is 4.71. The fourth-order valence-electron chi connectivity index (χ4n) is 2.45. The van der Waals surface area contributed by atoms with E-state index in [2.05, 4.69) is 0 Å². The van der Waals surface area contributed by atoms with E-state index in [4.69, 9.17) is 5.11 Å². The topological polar surface area (TPSA) is 81.1 Å². The first-order valence-electron chi connectivity index (χ1n) is 6.02. The van der Waals surface area contributed by atoms with Crippen LogP contribution >= 0.6 is 11.8 Å². The fraction of sp³-hybridized carbons (Fsp3) is 0.818. The molecule has 0 radical (unpaired) electrons. The number of aliphatic carboxylic acids is 1. The molecule has 2 aliphatic rings. The van der Waals surface area contributed by atoms with Crippen molar-refractivity contribution in [2.24, 2.45) is 0 Å². The molecular weight excluding hydrogens is 256 g/mol. The minimum Gasteiger partial charge on any atom is -0.480 e. The normalized spacial score (nSPS) is 31.7. The second-order valence-electron chi connectivity index (χ2n) is 4.81. The molecule has 3 atom stereocenters. The first kappa shape index (κ1) is 13.5. The van der Waals surface area contributed by atoms with Crippen LogP contribution < -0.4 is 0 Å². The molecule has 2 aliphatic heterocycles. The molecule has 7 heteroatoms. The number of rotatable bonds is 2. The highest BCUT2D eigenvalue weighted by molar-refractivity contribution is 7.99. The van der Waals surface area contributed by atoms with E-state index in [-0.39, 0.29) is 25.0 Å². The lowest BCUT2D eigenvalue weighted by molar-refractivity contribution is -0.141. The minimum absolute atomic E-state index is 0.111. The average molecular weight is 274 g/mol. The maximum Gasteiger partial charge on any atom is 0.326 e. The largest absolute Gasteiger partial charge is 0.480 e. The number of amides is 2. The van der Waals surface area contributed by atoms with Gasteiger partial charge in [0.1, 0.15) is 6.04 Å². The van der Waals surface area contributed by atoms with E-state index in [1.54, 1.807) is 23.7 Å². The molecular formula is C11H18N2O4S. The molecule has 0 saturated carbocycles. The number of hydrogen-bond acceptors (Lipinski definition) is 4. The van der Waals surface area contributed by atoms with Crippen molar-refractivity contribution in [2.45, 2.75) is 31.0 Å². The molecule has 2 heterocycles. The third kappa shape index (κ3) is 2.56. The second-order valence-corrected chi connectivity index (χ2v) is 5.96. The van der Waals surface area contributed by atoms with Gasteiger partial charge in [0.2, 0.25) is 0 Å². The Morgan fingerprint density at radius 3 is 2.72 bits per heavy atom. The van der Waals surface area contributed by atoms with Crippen molar-refractivity contribution in [1.29, 1.82) is 0 Å². The molecule has 2 rings (SSSR count). The summed E-state index contributed by atoms with van der Waals surface area (Å²) in [4.78, 5) is 26.2. The Labute approximate surface area is 110 Å². The maximum atomic E-state index is 12.3. The molecule has 0 aromatic carbocycles. The molecule has 2 saturated heterocycles. The van der Waals surface area contributed by atoms with E-state index in [0.29, 0.717) is 0 Å². The van der Waals surface area contributed by atoms with Gasteiger partial charge in [-0.3, -0.25) is 0 Å². The van der Waals surface area contributed by atoms with Gasteiger partial charge in [0, 0.05) is 31.8 Å². The summed E-state index contributed by atoms with van der Waals surface area (Å²) < 4.78 is 0. The van der Waals surface area contributed by atoms with E-state index in [1.807, 2.05) is 0 Å². The molecule has 6 nitrogen and oxygen atoms in total. The molecule has 0 aromatic rings. The summed E-state index contributed by atoms with van der Waals surface area (Å²) in [5.74, 6) is 0.887. The lowest BCUT2D eigenvalue weighted by atomic mass is 10.2. The summed E-state index contributed by atoms with van der Waals surface area (Å²) in [6, 6.07) is -1.01. The number of carboxylic acid groups (broad SMARTS) is 1. The number of urea groups is 1. The summed E-state index contributed by atoms with van der Waals surface area (Å²) in [7, 11) is 1.71. The number of thioether (sulfide) groups is 1. The van der Waals surface area contributed by atoms with E-state index in [1.165, 1.54) is 4.90 Å². The Bertz CT molecular complexity index is 346. The third-order valence-electron chi connectivity index (χ3n) is 3.56. The first-order chi connectivity index (χ1) is 8.50. The van der Waals surface area contributed by atoms with E-state index < -0.39 is 18.1 Å². The van der Waals surface area contributed by atoms with Crippen LogP contribution in [0, 0.1) is 0 Å². The fourth-order valence-corrected chi connectivity index (χ4v) is 3.71. The van der Waals surface area contributed by atoms with Gasteiger partial charge in [0.25, 0.3) is 0 Å². The molecule has 2 amide bonds. The van der Waals surface area contributed by atoms with Gasteiger partial charge in [-0.05, 0) is 12.2 Å². The predicted molar refractivity (Wildman–Crippen MR) is 67.6 cm³/mol. The Kier molecular flexibility index (Phi) is 4.01. The number of carbonyl (C=O) groups excluding carboxylic acids is 1. The summed E-state index contributed by atoms with van der Waals surface area (Å²) in [6.45, 7) is 0.111. The van der Waals surface area contributed by atoms with Gasteiger partial charge in [-0.25, -0.2) is 9.59 Å². The van der Waals surface area contributed by atoms with E-state index in [9.17, 15) is 14.7 Å². The van der Waals surface area contributed by atoms with Crippen molar-refractivity contribution >= 4 is 23.8 Å². The zero-order chi connectivity index (χ0) is 13.3. The van der Waals surface area contributed by atoms with Gasteiger partial charge >= 0.3 is 12.0 Å². The molecule has 102 valence electrons. The molecule has 0 bridgehead atoms. The van der Waals surface area contributed by atoms with Crippen LogP contribution in [0.3, 0.4) is 0 Å². The SMILES string of the molecule is CN(C(=O)N1C[C@@H](O)C[C@H]1C(=O)O)C1CCSC1. The number of β-amino-alcohol motifs (C(OH)–C–C–N with tert-alkyl or cyclic N) is 1. The number of aliphatic hydroxyl groups excluding tert-OH is 1. The summed E-state index contributed by atoms with van der Waals surface area (Å²) >= 11 is 1.80. The lowest BCUT2D eigenvalue weighted by Crippen LogP contribution is -2.50. The molecule has 2 fully saturated rings. The van der Waals surface area contributed by atoms with Crippen LogP contribution in [0.1, 0.15) is 12.8 Å². The molecule has 18 heavy (non-hydrogen) atoms. The Hall–Kier alpha value is -0.950. The number of carboxylic acids is 1. The summed E-state index contributed by atoms with van der Waals surface area (Å²) in [5, 5.41) is 18.6. The van der Waals surface area contributed by atoms with Gasteiger partial charge in [-0.2, -0.15) is 11.8 Å². The van der Waals surface area contributed by atoms with Crippen molar-refractivity contribution in [3.8, 4) is 0 Å². The van der Waals surface area contributed by atoms with Crippen molar-refractivity contribution < 1.29 is 19.8 Å². The van der Waals surface area contributed by atoms with Crippen molar-refractivity contribution in [3.05, 3.63) is 0 Å². The van der Waals surface area contributed by atoms with Crippen molar-refractivity contribution in [3.63, 3.8) is 0 Å². The number of carbonyl (C=O) groups is 2. The highest BCUT2D eigenvalue weighted by Gasteiger charge is 2.41. The lowest BCUT2D eigenvalue weighted by Gasteiger charge is -2.31. The van der Waals surface area contributed by atoms with Gasteiger partial charge in [-0.1, -0.05) is 0 Å².